The summed E-state index contributed by atoms with van der Waals surface area (Å²) in [5.74, 6) is -0.620. The molecule has 0 spiro atoms. The maximum absolute atomic E-state index is 13.1. The standard InChI is InChI=1S/C15H10ClFN2OS/c1-8-2-3-9(6-11(8)16)14(20)19-15-18-12-5-4-10(17)7-13(12)21-15/h2-7H,1H3,(H,18,19,20). The zero-order valence-electron chi connectivity index (χ0n) is 11.0. The fourth-order valence-corrected chi connectivity index (χ4v) is 2.92. The maximum atomic E-state index is 13.1. The van der Waals surface area contributed by atoms with E-state index < -0.39 is 0 Å². The highest BCUT2D eigenvalue weighted by molar-refractivity contribution is 7.22. The van der Waals surface area contributed by atoms with Crippen LogP contribution in [0, 0.1) is 12.7 Å². The van der Waals surface area contributed by atoms with E-state index in [9.17, 15) is 9.18 Å². The van der Waals surface area contributed by atoms with Crippen LogP contribution in [0.3, 0.4) is 0 Å². The van der Waals surface area contributed by atoms with E-state index in [1.54, 1.807) is 24.3 Å². The van der Waals surface area contributed by atoms with Gasteiger partial charge in [-0.25, -0.2) is 9.37 Å². The van der Waals surface area contributed by atoms with Gasteiger partial charge in [-0.3, -0.25) is 10.1 Å². The van der Waals surface area contributed by atoms with Crippen molar-refractivity contribution in [2.45, 2.75) is 6.92 Å². The number of anilines is 1. The van der Waals surface area contributed by atoms with Crippen LogP contribution in [0.4, 0.5) is 9.52 Å². The average molecular weight is 321 g/mol. The first kappa shape index (κ1) is 14.0. The number of hydrogen-bond donors (Lipinski definition) is 1. The van der Waals surface area contributed by atoms with Gasteiger partial charge in [0.1, 0.15) is 5.82 Å². The molecule has 0 fully saturated rings. The van der Waals surface area contributed by atoms with Crippen LogP contribution < -0.4 is 5.32 Å². The molecule has 0 unspecified atom stereocenters. The minimum absolute atomic E-state index is 0.295. The van der Waals surface area contributed by atoms with Gasteiger partial charge < -0.3 is 0 Å². The number of nitrogens with one attached hydrogen (secondary N) is 1. The molecular weight excluding hydrogens is 311 g/mol. The van der Waals surface area contributed by atoms with Crippen molar-refractivity contribution < 1.29 is 9.18 Å². The third-order valence-corrected chi connectivity index (χ3v) is 4.35. The van der Waals surface area contributed by atoms with Gasteiger partial charge in [0.15, 0.2) is 5.13 Å². The number of carbonyl (C=O) groups excluding carboxylic acids is 1. The number of thiazole rings is 1. The van der Waals surface area contributed by atoms with Crippen molar-refractivity contribution in [3.05, 3.63) is 58.4 Å². The predicted octanol–water partition coefficient (Wildman–Crippen LogP) is 4.65. The van der Waals surface area contributed by atoms with Gasteiger partial charge in [-0.1, -0.05) is 29.0 Å². The van der Waals surface area contributed by atoms with Crippen LogP contribution in [0.5, 0.6) is 0 Å². The minimum atomic E-state index is -0.325. The summed E-state index contributed by atoms with van der Waals surface area (Å²) in [5.41, 5.74) is 2.01. The molecule has 3 aromatic rings. The van der Waals surface area contributed by atoms with Crippen molar-refractivity contribution >= 4 is 44.2 Å². The summed E-state index contributed by atoms with van der Waals surface area (Å²) in [5, 5.41) is 3.67. The lowest BCUT2D eigenvalue weighted by Crippen LogP contribution is -2.11. The van der Waals surface area contributed by atoms with Crippen molar-refractivity contribution in [1.82, 2.24) is 4.98 Å². The van der Waals surface area contributed by atoms with E-state index in [4.69, 9.17) is 11.6 Å². The van der Waals surface area contributed by atoms with Gasteiger partial charge >= 0.3 is 0 Å². The number of hydrogen-bond acceptors (Lipinski definition) is 3. The molecule has 0 aliphatic rings. The minimum Gasteiger partial charge on any atom is -0.298 e. The topological polar surface area (TPSA) is 42.0 Å². The highest BCUT2D eigenvalue weighted by atomic mass is 35.5. The molecule has 0 atom stereocenters. The predicted molar refractivity (Wildman–Crippen MR) is 83.7 cm³/mol. The molecule has 0 radical (unpaired) electrons. The fraction of sp³-hybridized carbons (Fsp3) is 0.0667. The third kappa shape index (κ3) is 2.89. The monoisotopic (exact) mass is 320 g/mol. The molecule has 0 saturated carbocycles. The van der Waals surface area contributed by atoms with E-state index in [1.807, 2.05) is 6.92 Å². The van der Waals surface area contributed by atoms with E-state index in [-0.39, 0.29) is 11.7 Å². The highest BCUT2D eigenvalue weighted by Crippen LogP contribution is 2.27. The number of carbonyl (C=O) groups is 1. The number of amides is 1. The Bertz CT molecular complexity index is 847. The van der Waals surface area contributed by atoms with Crippen LogP contribution in [0.1, 0.15) is 15.9 Å². The van der Waals surface area contributed by atoms with Crippen LogP contribution in [0.25, 0.3) is 10.2 Å². The Morgan fingerprint density at radius 1 is 1.29 bits per heavy atom. The number of nitrogens with zero attached hydrogens (tertiary/aromatic N) is 1. The first-order valence-electron chi connectivity index (χ1n) is 6.16. The second kappa shape index (κ2) is 5.42. The summed E-state index contributed by atoms with van der Waals surface area (Å²) in [6.07, 6.45) is 0. The van der Waals surface area contributed by atoms with Crippen molar-refractivity contribution in [3.8, 4) is 0 Å². The molecule has 21 heavy (non-hydrogen) atoms. The quantitative estimate of drug-likeness (QED) is 0.746. The first-order chi connectivity index (χ1) is 10.0. The number of fused-ring (bicyclic) bond motifs is 1. The first-order valence-corrected chi connectivity index (χ1v) is 7.36. The average Bonchev–Trinajstić information content (AvgIpc) is 2.83. The molecule has 3 nitrogen and oxygen atoms in total. The Morgan fingerprint density at radius 3 is 2.86 bits per heavy atom. The summed E-state index contributed by atoms with van der Waals surface area (Å²) in [6.45, 7) is 1.87. The summed E-state index contributed by atoms with van der Waals surface area (Å²) in [6, 6.07) is 9.41. The lowest BCUT2D eigenvalue weighted by Gasteiger charge is -2.03. The second-order valence-electron chi connectivity index (χ2n) is 4.55. The Morgan fingerprint density at radius 2 is 2.10 bits per heavy atom. The molecule has 106 valence electrons. The summed E-state index contributed by atoms with van der Waals surface area (Å²) in [4.78, 5) is 16.4. The van der Waals surface area contributed by atoms with Crippen molar-refractivity contribution in [1.29, 1.82) is 0 Å². The molecule has 0 aliphatic carbocycles. The van der Waals surface area contributed by atoms with Crippen LogP contribution >= 0.6 is 22.9 Å². The van der Waals surface area contributed by atoms with Crippen molar-refractivity contribution in [3.63, 3.8) is 0 Å². The highest BCUT2D eigenvalue weighted by Gasteiger charge is 2.11. The third-order valence-electron chi connectivity index (χ3n) is 3.00. The summed E-state index contributed by atoms with van der Waals surface area (Å²) >= 11 is 7.23. The lowest BCUT2D eigenvalue weighted by atomic mass is 10.1. The smallest absolute Gasteiger partial charge is 0.257 e. The van der Waals surface area contributed by atoms with E-state index in [2.05, 4.69) is 10.3 Å². The van der Waals surface area contributed by atoms with E-state index in [0.717, 1.165) is 5.56 Å². The van der Waals surface area contributed by atoms with Gasteiger partial charge in [0.2, 0.25) is 0 Å². The van der Waals surface area contributed by atoms with Crippen LogP contribution in [0.2, 0.25) is 5.02 Å². The number of benzene rings is 2. The normalized spacial score (nSPS) is 10.8. The zero-order valence-corrected chi connectivity index (χ0v) is 12.6. The lowest BCUT2D eigenvalue weighted by molar-refractivity contribution is 0.102. The van der Waals surface area contributed by atoms with Crippen molar-refractivity contribution in [2.75, 3.05) is 5.32 Å². The maximum Gasteiger partial charge on any atom is 0.257 e. The van der Waals surface area contributed by atoms with Crippen molar-refractivity contribution in [2.24, 2.45) is 0 Å². The van der Waals surface area contributed by atoms with Gasteiger partial charge in [-0.05, 0) is 42.8 Å². The Hall–Kier alpha value is -1.98. The Labute approximate surface area is 129 Å². The van der Waals surface area contributed by atoms with Crippen LogP contribution in [0.15, 0.2) is 36.4 Å². The Balaban J connectivity index is 1.87. The fourth-order valence-electron chi connectivity index (χ4n) is 1.86. The number of rotatable bonds is 2. The van der Waals surface area contributed by atoms with Crippen LogP contribution in [-0.2, 0) is 0 Å². The molecule has 1 amide bonds. The van der Waals surface area contributed by atoms with Gasteiger partial charge in [0, 0.05) is 10.6 Å². The molecule has 0 bridgehead atoms. The molecular formula is C15H10ClFN2OS. The zero-order chi connectivity index (χ0) is 15.0. The van der Waals surface area contributed by atoms with E-state index >= 15 is 0 Å². The molecule has 0 aliphatic heterocycles. The largest absolute Gasteiger partial charge is 0.298 e. The van der Waals surface area contributed by atoms with Gasteiger partial charge in [-0.2, -0.15) is 0 Å². The summed E-state index contributed by atoms with van der Waals surface area (Å²) in [7, 11) is 0. The molecule has 3 rings (SSSR count). The number of halogens is 2. The number of aromatic nitrogens is 1. The molecule has 1 aromatic heterocycles. The SMILES string of the molecule is Cc1ccc(C(=O)Nc2nc3ccc(F)cc3s2)cc1Cl. The molecule has 0 saturated heterocycles. The molecule has 6 heteroatoms. The molecule has 2 aromatic carbocycles. The van der Waals surface area contributed by atoms with Gasteiger partial charge in [-0.15, -0.1) is 0 Å². The van der Waals surface area contributed by atoms with Crippen LogP contribution in [-0.4, -0.2) is 10.9 Å². The summed E-state index contributed by atoms with van der Waals surface area (Å²) < 4.78 is 13.8. The van der Waals surface area contributed by atoms with Gasteiger partial charge in [0.25, 0.3) is 5.91 Å². The number of aryl methyl sites for hydroxylation is 1. The van der Waals surface area contributed by atoms with Gasteiger partial charge in [0.05, 0.1) is 10.2 Å². The second-order valence-corrected chi connectivity index (χ2v) is 5.99. The molecule has 1 heterocycles. The Kier molecular flexibility index (Phi) is 3.61. The van der Waals surface area contributed by atoms with E-state index in [1.165, 1.54) is 23.5 Å². The van der Waals surface area contributed by atoms with E-state index in [0.29, 0.717) is 25.9 Å². The molecule has 1 N–H and O–H groups in total.